The van der Waals surface area contributed by atoms with Gasteiger partial charge in [-0.1, -0.05) is 24.6 Å². The van der Waals surface area contributed by atoms with Crippen molar-refractivity contribution in [2.45, 2.75) is 25.9 Å². The smallest absolute Gasteiger partial charge is 0.199 e. The first-order chi connectivity index (χ1) is 13.1. The molecule has 140 valence electrons. The van der Waals surface area contributed by atoms with Gasteiger partial charge in [0.05, 0.1) is 17.1 Å². The van der Waals surface area contributed by atoms with Crippen molar-refractivity contribution in [2.75, 3.05) is 6.54 Å². The fourth-order valence-corrected chi connectivity index (χ4v) is 3.18. The van der Waals surface area contributed by atoms with Crippen LogP contribution in [0.25, 0.3) is 0 Å². The highest BCUT2D eigenvalue weighted by Crippen LogP contribution is 2.29. The van der Waals surface area contributed by atoms with E-state index in [1.807, 2.05) is 19.2 Å². The number of nitrogens with one attached hydrogen (secondary N) is 1. The summed E-state index contributed by atoms with van der Waals surface area (Å²) in [6.45, 7) is 3.25. The van der Waals surface area contributed by atoms with E-state index in [2.05, 4.69) is 15.4 Å². The van der Waals surface area contributed by atoms with Crippen LogP contribution >= 0.6 is 11.6 Å². The molecule has 0 fully saturated rings. The van der Waals surface area contributed by atoms with E-state index in [1.54, 1.807) is 41.3 Å². The van der Waals surface area contributed by atoms with E-state index in [0.29, 0.717) is 30.6 Å². The van der Waals surface area contributed by atoms with Crippen LogP contribution in [0.1, 0.15) is 40.9 Å². The number of pyridine rings is 1. The van der Waals surface area contributed by atoms with Gasteiger partial charge in [-0.25, -0.2) is 4.39 Å². The molecule has 3 aromatic rings. The molecule has 1 N–H and O–H groups in total. The normalized spacial score (nSPS) is 12.1. The van der Waals surface area contributed by atoms with E-state index in [1.165, 1.54) is 6.20 Å². The number of nitrogens with zero attached hydrogens (tertiary/aromatic N) is 3. The molecule has 0 aliphatic rings. The number of halogens is 2. The van der Waals surface area contributed by atoms with Crippen LogP contribution in [0.2, 0.25) is 5.02 Å². The Morgan fingerprint density at radius 3 is 2.81 bits per heavy atom. The number of rotatable bonds is 8. The number of ketones is 1. The highest BCUT2D eigenvalue weighted by molar-refractivity contribution is 6.35. The Bertz CT molecular complexity index is 900. The second kappa shape index (κ2) is 8.88. The summed E-state index contributed by atoms with van der Waals surface area (Å²) in [7, 11) is 0. The monoisotopic (exact) mass is 386 g/mol. The fraction of sp³-hybridized carbons (Fsp3) is 0.250. The Hall–Kier alpha value is -2.57. The van der Waals surface area contributed by atoms with Gasteiger partial charge in [-0.3, -0.25) is 14.5 Å². The van der Waals surface area contributed by atoms with E-state index in [-0.39, 0.29) is 16.6 Å². The van der Waals surface area contributed by atoms with E-state index in [0.717, 1.165) is 0 Å². The molecule has 7 heteroatoms. The predicted molar refractivity (Wildman–Crippen MR) is 102 cm³/mol. The Balaban J connectivity index is 1.83. The van der Waals surface area contributed by atoms with E-state index >= 15 is 4.39 Å². The minimum absolute atomic E-state index is 0.0940. The van der Waals surface area contributed by atoms with Crippen molar-refractivity contribution >= 4 is 17.4 Å². The lowest BCUT2D eigenvalue weighted by molar-refractivity contribution is 0.103. The summed E-state index contributed by atoms with van der Waals surface area (Å²) in [5.41, 5.74) is 0.610. The number of benzene rings is 1. The summed E-state index contributed by atoms with van der Waals surface area (Å²) in [6, 6.07) is 8.05. The summed E-state index contributed by atoms with van der Waals surface area (Å²) >= 11 is 6.15. The Morgan fingerprint density at radius 1 is 1.30 bits per heavy atom. The van der Waals surface area contributed by atoms with Crippen LogP contribution in [0.4, 0.5) is 4.39 Å². The van der Waals surface area contributed by atoms with Crippen molar-refractivity contribution in [3.05, 3.63) is 82.6 Å². The zero-order valence-electron chi connectivity index (χ0n) is 14.9. The van der Waals surface area contributed by atoms with E-state index < -0.39 is 11.6 Å². The van der Waals surface area contributed by atoms with Gasteiger partial charge in [-0.2, -0.15) is 5.10 Å². The Morgan fingerprint density at radius 2 is 2.15 bits per heavy atom. The van der Waals surface area contributed by atoms with Crippen molar-refractivity contribution in [1.29, 1.82) is 0 Å². The summed E-state index contributed by atoms with van der Waals surface area (Å²) in [4.78, 5) is 16.6. The van der Waals surface area contributed by atoms with Crippen LogP contribution in [0.15, 0.2) is 55.1 Å². The molecular weight excluding hydrogens is 367 g/mol. The van der Waals surface area contributed by atoms with Crippen molar-refractivity contribution in [1.82, 2.24) is 20.1 Å². The van der Waals surface area contributed by atoms with Gasteiger partial charge in [-0.15, -0.1) is 0 Å². The average Bonchev–Trinajstić information content (AvgIpc) is 3.20. The topological polar surface area (TPSA) is 59.8 Å². The van der Waals surface area contributed by atoms with Crippen LogP contribution in [0, 0.1) is 5.82 Å². The molecule has 0 saturated heterocycles. The largest absolute Gasteiger partial charge is 0.308 e. The first-order valence-electron chi connectivity index (χ1n) is 8.75. The van der Waals surface area contributed by atoms with E-state index in [9.17, 15) is 4.79 Å². The zero-order chi connectivity index (χ0) is 19.2. The molecule has 0 amide bonds. The molecule has 5 nitrogen and oxygen atoms in total. The molecule has 0 aliphatic heterocycles. The molecule has 0 bridgehead atoms. The molecule has 0 aliphatic carbocycles. The highest BCUT2D eigenvalue weighted by Gasteiger charge is 2.23. The predicted octanol–water partition coefficient (Wildman–Crippen LogP) is 4.04. The second-order valence-corrected chi connectivity index (χ2v) is 6.49. The molecule has 0 unspecified atom stereocenters. The third kappa shape index (κ3) is 4.40. The molecular formula is C20H20ClFN4O. The maximum Gasteiger partial charge on any atom is 0.199 e. The molecule has 27 heavy (non-hydrogen) atoms. The number of carbonyl (C=O) groups excluding carboxylic acids is 1. The van der Waals surface area contributed by atoms with Gasteiger partial charge in [0.25, 0.3) is 0 Å². The van der Waals surface area contributed by atoms with Crippen molar-refractivity contribution < 1.29 is 9.18 Å². The van der Waals surface area contributed by atoms with Gasteiger partial charge in [0.1, 0.15) is 5.82 Å². The van der Waals surface area contributed by atoms with E-state index in [4.69, 9.17) is 11.6 Å². The molecule has 1 aromatic carbocycles. The molecule has 2 heterocycles. The second-order valence-electron chi connectivity index (χ2n) is 6.08. The third-order valence-corrected chi connectivity index (χ3v) is 4.66. The lowest BCUT2D eigenvalue weighted by Crippen LogP contribution is -2.26. The standard InChI is InChI=1S/C20H20ClFN4O/c1-2-17(24-10-12-26-11-4-9-25-26)15-6-7-16(21)18(19(15)22)20(27)14-5-3-8-23-13-14/h3-9,11,13,17,24H,2,10,12H2,1H3/t17-/m1/s1. The van der Waals surface area contributed by atoms with Crippen LogP contribution in [0.3, 0.4) is 0 Å². The van der Waals surface area contributed by atoms with Crippen LogP contribution in [-0.2, 0) is 6.54 Å². The van der Waals surface area contributed by atoms with Gasteiger partial charge >= 0.3 is 0 Å². The average molecular weight is 387 g/mol. The first-order valence-corrected chi connectivity index (χ1v) is 9.13. The number of hydrogen-bond acceptors (Lipinski definition) is 4. The number of hydrogen-bond donors (Lipinski definition) is 1. The van der Waals surface area contributed by atoms with Crippen LogP contribution in [-0.4, -0.2) is 27.1 Å². The van der Waals surface area contributed by atoms with Gasteiger partial charge in [0.2, 0.25) is 0 Å². The maximum absolute atomic E-state index is 15.2. The third-order valence-electron chi connectivity index (χ3n) is 4.35. The molecule has 1 atom stereocenters. The van der Waals surface area contributed by atoms with Crippen LogP contribution < -0.4 is 5.32 Å². The SMILES string of the molecule is CC[C@@H](NCCn1cccn1)c1ccc(Cl)c(C(=O)c2cccnc2)c1F. The van der Waals surface area contributed by atoms with Gasteiger partial charge in [-0.05, 0) is 30.7 Å². The molecule has 3 rings (SSSR count). The minimum atomic E-state index is -0.588. The van der Waals surface area contributed by atoms with Crippen molar-refractivity contribution in [3.63, 3.8) is 0 Å². The summed E-state index contributed by atoms with van der Waals surface area (Å²) in [5, 5.41) is 7.56. The van der Waals surface area contributed by atoms with Crippen molar-refractivity contribution in [3.8, 4) is 0 Å². The number of aromatic nitrogens is 3. The quantitative estimate of drug-likeness (QED) is 0.593. The van der Waals surface area contributed by atoms with Gasteiger partial charge in [0, 0.05) is 48.5 Å². The minimum Gasteiger partial charge on any atom is -0.308 e. The lowest BCUT2D eigenvalue weighted by Gasteiger charge is -2.20. The summed E-state index contributed by atoms with van der Waals surface area (Å²) in [6.07, 6.45) is 7.22. The molecule has 0 spiro atoms. The van der Waals surface area contributed by atoms with Crippen LogP contribution in [0.5, 0.6) is 0 Å². The number of carbonyl (C=O) groups is 1. The zero-order valence-corrected chi connectivity index (χ0v) is 15.7. The summed E-state index contributed by atoms with van der Waals surface area (Å²) in [5.74, 6) is -1.06. The summed E-state index contributed by atoms with van der Waals surface area (Å²) < 4.78 is 17.0. The van der Waals surface area contributed by atoms with Gasteiger partial charge in [0.15, 0.2) is 5.78 Å². The van der Waals surface area contributed by atoms with Crippen molar-refractivity contribution in [2.24, 2.45) is 0 Å². The molecule has 2 aromatic heterocycles. The van der Waals surface area contributed by atoms with Gasteiger partial charge < -0.3 is 5.32 Å². The molecule has 0 radical (unpaired) electrons. The Labute approximate surface area is 162 Å². The maximum atomic E-state index is 15.2. The molecule has 0 saturated carbocycles. The Kier molecular flexibility index (Phi) is 6.32. The first kappa shape index (κ1) is 19.2. The highest BCUT2D eigenvalue weighted by atomic mass is 35.5. The lowest BCUT2D eigenvalue weighted by atomic mass is 9.96. The fourth-order valence-electron chi connectivity index (χ4n) is 2.95.